The zero-order valence-electron chi connectivity index (χ0n) is 13.9. The van der Waals surface area contributed by atoms with E-state index in [-0.39, 0.29) is 18.1 Å². The molecule has 0 fully saturated rings. The number of halogens is 3. The number of aryl methyl sites for hydroxylation is 1. The van der Waals surface area contributed by atoms with Crippen molar-refractivity contribution < 1.29 is 13.2 Å². The number of anilines is 1. The van der Waals surface area contributed by atoms with E-state index in [1.807, 2.05) is 31.2 Å². The number of benzene rings is 2. The largest absolute Gasteiger partial charge is 0.416 e. The van der Waals surface area contributed by atoms with Crippen molar-refractivity contribution in [3.05, 3.63) is 81.6 Å². The first-order valence-corrected chi connectivity index (χ1v) is 7.90. The van der Waals surface area contributed by atoms with E-state index in [0.717, 1.165) is 23.3 Å². The standard InChI is InChI=1S/C19H16F3N3O/c1-12-5-7-14(8-6-12)16-10-17(26)25-18(24-16)23-11-13-3-2-4-15(9-13)19(20,21)22/h2-10H,11H2,1H3,(H2,23,24,25,26). The maximum Gasteiger partial charge on any atom is 0.416 e. The molecule has 1 aromatic heterocycles. The fourth-order valence-electron chi connectivity index (χ4n) is 2.46. The van der Waals surface area contributed by atoms with Crippen LogP contribution >= 0.6 is 0 Å². The lowest BCUT2D eigenvalue weighted by atomic mass is 10.1. The second-order valence-corrected chi connectivity index (χ2v) is 5.90. The maximum atomic E-state index is 12.8. The summed E-state index contributed by atoms with van der Waals surface area (Å²) in [5.74, 6) is 0.200. The molecule has 0 unspecified atom stereocenters. The minimum Gasteiger partial charge on any atom is -0.352 e. The highest BCUT2D eigenvalue weighted by Gasteiger charge is 2.30. The van der Waals surface area contributed by atoms with Gasteiger partial charge in [-0.2, -0.15) is 13.2 Å². The molecule has 0 amide bonds. The number of nitrogens with one attached hydrogen (secondary N) is 2. The number of hydrogen-bond acceptors (Lipinski definition) is 3. The molecule has 0 aliphatic carbocycles. The SMILES string of the molecule is Cc1ccc(-c2cc(=O)[nH]c(NCc3cccc(C(F)(F)F)c3)n2)cc1. The van der Waals surface area contributed by atoms with E-state index in [9.17, 15) is 18.0 Å². The fraction of sp³-hybridized carbons (Fsp3) is 0.158. The second-order valence-electron chi connectivity index (χ2n) is 5.90. The lowest BCUT2D eigenvalue weighted by Crippen LogP contribution is -2.13. The van der Waals surface area contributed by atoms with Crippen LogP contribution in [0.3, 0.4) is 0 Å². The Balaban J connectivity index is 1.81. The molecule has 4 nitrogen and oxygen atoms in total. The molecule has 0 aliphatic rings. The lowest BCUT2D eigenvalue weighted by Gasteiger charge is -2.10. The molecule has 0 saturated heterocycles. The Hall–Kier alpha value is -3.09. The third-order valence-corrected chi connectivity index (χ3v) is 3.80. The van der Waals surface area contributed by atoms with Gasteiger partial charge in [0.05, 0.1) is 11.3 Å². The summed E-state index contributed by atoms with van der Waals surface area (Å²) >= 11 is 0. The molecule has 0 saturated carbocycles. The van der Waals surface area contributed by atoms with Crippen LogP contribution in [0.25, 0.3) is 11.3 Å². The summed E-state index contributed by atoms with van der Waals surface area (Å²) in [5, 5.41) is 2.87. The Kier molecular flexibility index (Phi) is 4.79. The molecule has 3 aromatic rings. The average molecular weight is 359 g/mol. The summed E-state index contributed by atoms with van der Waals surface area (Å²) in [6, 6.07) is 13.9. The van der Waals surface area contributed by atoms with E-state index >= 15 is 0 Å². The van der Waals surface area contributed by atoms with Crippen LogP contribution in [0.2, 0.25) is 0 Å². The number of rotatable bonds is 4. The third kappa shape index (κ3) is 4.30. The molecule has 2 aromatic carbocycles. The second kappa shape index (κ2) is 7.03. The van der Waals surface area contributed by atoms with Gasteiger partial charge in [0.2, 0.25) is 5.95 Å². The van der Waals surface area contributed by atoms with Crippen molar-refractivity contribution in [1.82, 2.24) is 9.97 Å². The smallest absolute Gasteiger partial charge is 0.352 e. The average Bonchev–Trinajstić information content (AvgIpc) is 2.60. The number of hydrogen-bond donors (Lipinski definition) is 2. The van der Waals surface area contributed by atoms with Gasteiger partial charge in [-0.15, -0.1) is 0 Å². The molecule has 0 spiro atoms. The molecular formula is C19H16F3N3O. The molecule has 26 heavy (non-hydrogen) atoms. The Bertz CT molecular complexity index is 963. The van der Waals surface area contributed by atoms with Gasteiger partial charge in [-0.3, -0.25) is 9.78 Å². The van der Waals surface area contributed by atoms with E-state index in [4.69, 9.17) is 0 Å². The number of alkyl halides is 3. The quantitative estimate of drug-likeness (QED) is 0.727. The Morgan fingerprint density at radius 3 is 2.50 bits per heavy atom. The molecule has 7 heteroatoms. The van der Waals surface area contributed by atoms with Crippen molar-refractivity contribution in [2.45, 2.75) is 19.6 Å². The minimum absolute atomic E-state index is 0.101. The first kappa shape index (κ1) is 17.7. The van der Waals surface area contributed by atoms with Gasteiger partial charge in [0.25, 0.3) is 5.56 Å². The van der Waals surface area contributed by atoms with Gasteiger partial charge in [-0.05, 0) is 24.6 Å². The first-order valence-electron chi connectivity index (χ1n) is 7.90. The van der Waals surface area contributed by atoms with Crippen molar-refractivity contribution in [2.24, 2.45) is 0 Å². The van der Waals surface area contributed by atoms with Crippen LogP contribution in [0, 0.1) is 6.92 Å². The highest BCUT2D eigenvalue weighted by atomic mass is 19.4. The molecule has 134 valence electrons. The molecule has 0 bridgehead atoms. The van der Waals surface area contributed by atoms with E-state index in [0.29, 0.717) is 11.3 Å². The Labute approximate surface area is 147 Å². The van der Waals surface area contributed by atoms with Gasteiger partial charge in [0.1, 0.15) is 0 Å². The Morgan fingerprint density at radius 2 is 1.81 bits per heavy atom. The lowest BCUT2D eigenvalue weighted by molar-refractivity contribution is -0.137. The van der Waals surface area contributed by atoms with Crippen LogP contribution in [0.4, 0.5) is 19.1 Å². The van der Waals surface area contributed by atoms with Crippen molar-refractivity contribution in [2.75, 3.05) is 5.32 Å². The summed E-state index contributed by atoms with van der Waals surface area (Å²) < 4.78 is 38.3. The normalized spacial score (nSPS) is 11.4. The molecular weight excluding hydrogens is 343 g/mol. The monoisotopic (exact) mass is 359 g/mol. The summed E-state index contributed by atoms with van der Waals surface area (Å²) in [6.45, 7) is 2.06. The topological polar surface area (TPSA) is 57.8 Å². The van der Waals surface area contributed by atoms with Crippen molar-refractivity contribution in [3.8, 4) is 11.3 Å². The van der Waals surface area contributed by atoms with E-state index in [1.54, 1.807) is 6.07 Å². The first-order chi connectivity index (χ1) is 12.3. The highest BCUT2D eigenvalue weighted by molar-refractivity contribution is 5.60. The van der Waals surface area contributed by atoms with Gasteiger partial charge < -0.3 is 5.32 Å². The van der Waals surface area contributed by atoms with E-state index in [1.165, 1.54) is 12.1 Å². The van der Waals surface area contributed by atoms with Crippen molar-refractivity contribution >= 4 is 5.95 Å². The summed E-state index contributed by atoms with van der Waals surface area (Å²) in [6.07, 6.45) is -4.39. The summed E-state index contributed by atoms with van der Waals surface area (Å²) in [5.41, 5.74) is 1.72. The third-order valence-electron chi connectivity index (χ3n) is 3.80. The van der Waals surface area contributed by atoms with E-state index < -0.39 is 11.7 Å². The van der Waals surface area contributed by atoms with Gasteiger partial charge in [-0.25, -0.2) is 4.98 Å². The zero-order valence-corrected chi connectivity index (χ0v) is 13.9. The molecule has 0 aliphatic heterocycles. The molecule has 1 heterocycles. The zero-order chi connectivity index (χ0) is 18.7. The fourth-order valence-corrected chi connectivity index (χ4v) is 2.46. The van der Waals surface area contributed by atoms with Crippen LogP contribution in [0.5, 0.6) is 0 Å². The molecule has 2 N–H and O–H groups in total. The number of nitrogens with zero attached hydrogens (tertiary/aromatic N) is 1. The van der Waals surface area contributed by atoms with Crippen LogP contribution in [-0.4, -0.2) is 9.97 Å². The molecule has 0 radical (unpaired) electrons. The Morgan fingerprint density at radius 1 is 1.08 bits per heavy atom. The van der Waals surface area contributed by atoms with Crippen LogP contribution < -0.4 is 10.9 Å². The van der Waals surface area contributed by atoms with Gasteiger partial charge >= 0.3 is 6.18 Å². The number of aromatic nitrogens is 2. The highest BCUT2D eigenvalue weighted by Crippen LogP contribution is 2.29. The van der Waals surface area contributed by atoms with Crippen LogP contribution in [-0.2, 0) is 12.7 Å². The predicted molar refractivity (Wildman–Crippen MR) is 93.8 cm³/mol. The summed E-state index contributed by atoms with van der Waals surface area (Å²) in [4.78, 5) is 18.7. The van der Waals surface area contributed by atoms with Gasteiger partial charge in [0, 0.05) is 18.2 Å². The summed E-state index contributed by atoms with van der Waals surface area (Å²) in [7, 11) is 0. The predicted octanol–water partition coefficient (Wildman–Crippen LogP) is 4.38. The molecule has 3 rings (SSSR count). The number of aromatic amines is 1. The van der Waals surface area contributed by atoms with Crippen molar-refractivity contribution in [1.29, 1.82) is 0 Å². The van der Waals surface area contributed by atoms with Crippen molar-refractivity contribution in [3.63, 3.8) is 0 Å². The minimum atomic E-state index is -4.39. The van der Waals surface area contributed by atoms with Gasteiger partial charge in [-0.1, -0.05) is 42.0 Å². The van der Waals surface area contributed by atoms with Crippen LogP contribution in [0.1, 0.15) is 16.7 Å². The van der Waals surface area contributed by atoms with Crippen LogP contribution in [0.15, 0.2) is 59.4 Å². The number of H-pyrrole nitrogens is 1. The molecule has 0 atom stereocenters. The van der Waals surface area contributed by atoms with E-state index in [2.05, 4.69) is 15.3 Å². The maximum absolute atomic E-state index is 12.8. The van der Waals surface area contributed by atoms with Gasteiger partial charge in [0.15, 0.2) is 0 Å².